The third-order valence-electron chi connectivity index (χ3n) is 4.46. The van der Waals surface area contributed by atoms with Crippen LogP contribution < -0.4 is 4.72 Å². The van der Waals surface area contributed by atoms with Gasteiger partial charge in [-0.1, -0.05) is 30.5 Å². The molecule has 0 spiro atoms. The van der Waals surface area contributed by atoms with Gasteiger partial charge in [0.25, 0.3) is 0 Å². The fraction of sp³-hybridized carbons (Fsp3) is 0.611. The van der Waals surface area contributed by atoms with Crippen LogP contribution in [0.2, 0.25) is 0 Å². The minimum Gasteiger partial charge on any atom is -0.341 e. The summed E-state index contributed by atoms with van der Waals surface area (Å²) in [5, 5.41) is 0. The number of sulfonamides is 1. The van der Waals surface area contributed by atoms with E-state index in [-0.39, 0.29) is 10.8 Å². The van der Waals surface area contributed by atoms with Gasteiger partial charge in [0.05, 0.1) is 4.90 Å². The van der Waals surface area contributed by atoms with Crippen LogP contribution in [0.3, 0.4) is 0 Å². The van der Waals surface area contributed by atoms with Gasteiger partial charge in [-0.3, -0.25) is 4.79 Å². The Hall–Kier alpha value is -1.05. The third-order valence-corrected chi connectivity index (χ3v) is 6.59. The van der Waals surface area contributed by atoms with Crippen LogP contribution in [0, 0.1) is 6.92 Å². The molecule has 2 rings (SSSR count). The zero-order valence-corrected chi connectivity index (χ0v) is 16.7. The molecule has 0 bridgehead atoms. The maximum absolute atomic E-state index is 12.9. The zero-order chi connectivity index (χ0) is 18.3. The van der Waals surface area contributed by atoms with Gasteiger partial charge in [-0.2, -0.15) is 16.5 Å². The van der Waals surface area contributed by atoms with Crippen LogP contribution >= 0.6 is 11.8 Å². The largest absolute Gasteiger partial charge is 0.341 e. The van der Waals surface area contributed by atoms with Crippen molar-refractivity contribution in [3.63, 3.8) is 0 Å². The van der Waals surface area contributed by atoms with Crippen LogP contribution in [0.1, 0.15) is 37.7 Å². The van der Waals surface area contributed by atoms with Gasteiger partial charge in [0.2, 0.25) is 15.9 Å². The van der Waals surface area contributed by atoms with Crippen molar-refractivity contribution in [2.24, 2.45) is 0 Å². The molecule has 1 amide bonds. The molecule has 1 saturated heterocycles. The minimum atomic E-state index is -3.71. The maximum atomic E-state index is 12.9. The molecular weight excluding hydrogens is 356 g/mol. The highest BCUT2D eigenvalue weighted by Gasteiger charge is 2.29. The third kappa shape index (κ3) is 6.01. The summed E-state index contributed by atoms with van der Waals surface area (Å²) in [6.45, 7) is 3.36. The van der Waals surface area contributed by atoms with Crippen molar-refractivity contribution in [3.8, 4) is 0 Å². The van der Waals surface area contributed by atoms with Gasteiger partial charge in [0.15, 0.2) is 0 Å². The summed E-state index contributed by atoms with van der Waals surface area (Å²) in [4.78, 5) is 14.9. The quantitative estimate of drug-likeness (QED) is 0.785. The van der Waals surface area contributed by atoms with Crippen molar-refractivity contribution in [3.05, 3.63) is 29.8 Å². The highest BCUT2D eigenvalue weighted by molar-refractivity contribution is 7.98. The van der Waals surface area contributed by atoms with Crippen LogP contribution in [0.4, 0.5) is 0 Å². The molecule has 7 heteroatoms. The molecule has 0 radical (unpaired) electrons. The summed E-state index contributed by atoms with van der Waals surface area (Å²) in [6, 6.07) is 6.00. The fourth-order valence-electron chi connectivity index (χ4n) is 2.95. The van der Waals surface area contributed by atoms with Crippen molar-refractivity contribution < 1.29 is 13.2 Å². The topological polar surface area (TPSA) is 66.5 Å². The Bertz CT molecular complexity index is 651. The molecule has 0 saturated carbocycles. The van der Waals surface area contributed by atoms with Gasteiger partial charge < -0.3 is 4.90 Å². The normalized spacial score (nSPS) is 17.1. The molecule has 1 fully saturated rings. The number of nitrogens with one attached hydrogen (secondary N) is 1. The number of carbonyl (C=O) groups is 1. The van der Waals surface area contributed by atoms with Crippen LogP contribution in [0.15, 0.2) is 29.2 Å². The smallest absolute Gasteiger partial charge is 0.241 e. The van der Waals surface area contributed by atoms with E-state index < -0.39 is 16.1 Å². The van der Waals surface area contributed by atoms with E-state index in [1.54, 1.807) is 36.0 Å². The summed E-state index contributed by atoms with van der Waals surface area (Å²) in [7, 11) is -3.71. The monoisotopic (exact) mass is 384 g/mol. The lowest BCUT2D eigenvalue weighted by Gasteiger charge is -2.26. The number of hydrogen-bond donors (Lipinski definition) is 1. The molecule has 0 aromatic heterocycles. The molecule has 1 aliphatic heterocycles. The second-order valence-corrected chi connectivity index (χ2v) is 9.21. The Kier molecular flexibility index (Phi) is 7.78. The van der Waals surface area contributed by atoms with Gasteiger partial charge in [0, 0.05) is 13.1 Å². The van der Waals surface area contributed by atoms with Crippen LogP contribution in [-0.4, -0.2) is 50.4 Å². The summed E-state index contributed by atoms with van der Waals surface area (Å²) in [5.74, 6) is 0.646. The lowest BCUT2D eigenvalue weighted by atomic mass is 10.2. The SMILES string of the molecule is CSCC[C@@H](NS(=O)(=O)c1ccc(C)cc1)C(=O)N1CCCCCC1. The van der Waals surface area contributed by atoms with E-state index in [2.05, 4.69) is 4.72 Å². The number of rotatable bonds is 7. The average molecular weight is 385 g/mol. The summed E-state index contributed by atoms with van der Waals surface area (Å²) >= 11 is 1.62. The summed E-state index contributed by atoms with van der Waals surface area (Å²) in [5.41, 5.74) is 0.999. The molecule has 1 atom stereocenters. The minimum absolute atomic E-state index is 0.0911. The molecule has 0 unspecified atom stereocenters. The molecule has 140 valence electrons. The van der Waals surface area contributed by atoms with E-state index in [4.69, 9.17) is 0 Å². The van der Waals surface area contributed by atoms with Crippen LogP contribution in [0.25, 0.3) is 0 Å². The molecule has 1 aromatic rings. The first-order valence-corrected chi connectivity index (χ1v) is 11.7. The van der Waals surface area contributed by atoms with Gasteiger partial charge in [-0.25, -0.2) is 8.42 Å². The van der Waals surface area contributed by atoms with Crippen molar-refractivity contribution >= 4 is 27.7 Å². The lowest BCUT2D eigenvalue weighted by Crippen LogP contribution is -2.49. The van der Waals surface area contributed by atoms with Gasteiger partial charge in [-0.15, -0.1) is 0 Å². The van der Waals surface area contributed by atoms with E-state index in [1.807, 2.05) is 18.1 Å². The molecule has 5 nitrogen and oxygen atoms in total. The molecular formula is C18H28N2O3S2. The molecule has 25 heavy (non-hydrogen) atoms. The van der Waals surface area contributed by atoms with Crippen molar-refractivity contribution in [1.29, 1.82) is 0 Å². The highest BCUT2D eigenvalue weighted by Crippen LogP contribution is 2.16. The molecule has 1 N–H and O–H groups in total. The van der Waals surface area contributed by atoms with Crippen LogP contribution in [-0.2, 0) is 14.8 Å². The predicted octanol–water partition coefficient (Wildman–Crippen LogP) is 2.80. The standard InChI is InChI=1S/C18H28N2O3S2/c1-15-7-9-16(10-8-15)25(22,23)19-17(11-14-24-2)18(21)20-12-5-3-4-6-13-20/h7-10,17,19H,3-6,11-14H2,1-2H3/t17-/m1/s1. The Morgan fingerprint density at radius 1 is 1.16 bits per heavy atom. The summed E-state index contributed by atoms with van der Waals surface area (Å²) < 4.78 is 28.0. The number of thioether (sulfide) groups is 1. The first-order chi connectivity index (χ1) is 11.9. The average Bonchev–Trinajstić information content (AvgIpc) is 2.87. The second-order valence-electron chi connectivity index (χ2n) is 6.51. The van der Waals surface area contributed by atoms with Crippen molar-refractivity contribution in [1.82, 2.24) is 9.62 Å². The number of carbonyl (C=O) groups excluding carboxylic acids is 1. The maximum Gasteiger partial charge on any atom is 0.241 e. The number of nitrogens with zero attached hydrogens (tertiary/aromatic N) is 1. The fourth-order valence-corrected chi connectivity index (χ4v) is 4.65. The molecule has 1 aliphatic rings. The number of amides is 1. The Morgan fingerprint density at radius 3 is 2.32 bits per heavy atom. The Balaban J connectivity index is 2.15. The first-order valence-electron chi connectivity index (χ1n) is 8.81. The van der Waals surface area contributed by atoms with Gasteiger partial charge in [-0.05, 0) is 50.3 Å². The highest BCUT2D eigenvalue weighted by atomic mass is 32.2. The van der Waals surface area contributed by atoms with E-state index in [0.29, 0.717) is 6.42 Å². The van der Waals surface area contributed by atoms with Crippen molar-refractivity contribution in [2.75, 3.05) is 25.1 Å². The number of aryl methyl sites for hydroxylation is 1. The second kappa shape index (κ2) is 9.59. The molecule has 0 aliphatic carbocycles. The van der Waals surface area contributed by atoms with E-state index in [1.165, 1.54) is 0 Å². The van der Waals surface area contributed by atoms with E-state index >= 15 is 0 Å². The van der Waals surface area contributed by atoms with E-state index in [0.717, 1.165) is 50.1 Å². The van der Waals surface area contributed by atoms with Gasteiger partial charge >= 0.3 is 0 Å². The molecule has 1 heterocycles. The number of likely N-dealkylation sites (tertiary alicyclic amines) is 1. The Morgan fingerprint density at radius 2 is 1.76 bits per heavy atom. The number of hydrogen-bond acceptors (Lipinski definition) is 4. The van der Waals surface area contributed by atoms with E-state index in [9.17, 15) is 13.2 Å². The Labute approximate surface area is 155 Å². The first kappa shape index (κ1) is 20.3. The zero-order valence-electron chi connectivity index (χ0n) is 15.0. The summed E-state index contributed by atoms with van der Waals surface area (Å²) in [6.07, 6.45) is 6.71. The van der Waals surface area contributed by atoms with Crippen molar-refractivity contribution in [2.45, 2.75) is 50.0 Å². The molecule has 1 aromatic carbocycles. The predicted molar refractivity (Wildman–Crippen MR) is 103 cm³/mol. The number of benzene rings is 1. The van der Waals surface area contributed by atoms with Crippen LogP contribution in [0.5, 0.6) is 0 Å². The van der Waals surface area contributed by atoms with Gasteiger partial charge in [0.1, 0.15) is 6.04 Å². The lowest BCUT2D eigenvalue weighted by molar-refractivity contribution is -0.133.